The summed E-state index contributed by atoms with van der Waals surface area (Å²) in [5.41, 5.74) is 2.32. The van der Waals surface area contributed by atoms with Crippen molar-refractivity contribution in [2.45, 2.75) is 19.3 Å². The van der Waals surface area contributed by atoms with Gasteiger partial charge in [-0.15, -0.1) is 0 Å². The Morgan fingerprint density at radius 3 is 2.42 bits per heavy atom. The maximum absolute atomic E-state index is 12.6. The van der Waals surface area contributed by atoms with Crippen LogP contribution in [0.25, 0.3) is 0 Å². The van der Waals surface area contributed by atoms with Crippen molar-refractivity contribution in [1.82, 2.24) is 0 Å². The van der Waals surface area contributed by atoms with Crippen LogP contribution in [0, 0.1) is 11.8 Å². The van der Waals surface area contributed by atoms with Crippen LogP contribution in [-0.4, -0.2) is 31.9 Å². The van der Waals surface area contributed by atoms with Crippen molar-refractivity contribution in [2.75, 3.05) is 13.7 Å². The summed E-state index contributed by atoms with van der Waals surface area (Å²) >= 11 is 12.2. The molecular formula is C25H22Cl2O6. The number of fused-ring (bicyclic) bond motifs is 1. The van der Waals surface area contributed by atoms with Crippen LogP contribution in [0.15, 0.2) is 72.0 Å². The standard InChI is InChI=1S/C25H22Cl2O6/c1-30-23(28)18-14-33-25(32-12-15-6-3-2-4-7-15)21-16(10-11-17(18)21)13-31-24(29)22-19(26)8-5-9-20(22)27/h2-10,14,17,21,25H,11-13H2,1H3/t17-,21-,25-/m1/s1. The third-order valence-electron chi connectivity index (χ3n) is 5.73. The van der Waals surface area contributed by atoms with Crippen molar-refractivity contribution in [3.63, 3.8) is 0 Å². The minimum Gasteiger partial charge on any atom is -0.471 e. The molecule has 0 N–H and O–H groups in total. The second-order valence-corrected chi connectivity index (χ2v) is 8.50. The van der Waals surface area contributed by atoms with Gasteiger partial charge in [0.25, 0.3) is 0 Å². The second-order valence-electron chi connectivity index (χ2n) is 7.69. The number of esters is 2. The van der Waals surface area contributed by atoms with E-state index in [1.54, 1.807) is 18.2 Å². The smallest absolute Gasteiger partial charge is 0.341 e. The number of carbonyl (C=O) groups excluding carboxylic acids is 2. The van der Waals surface area contributed by atoms with Gasteiger partial charge in [-0.25, -0.2) is 9.59 Å². The lowest BCUT2D eigenvalue weighted by molar-refractivity contribution is -0.161. The topological polar surface area (TPSA) is 71.1 Å². The number of hydrogen-bond acceptors (Lipinski definition) is 6. The number of hydrogen-bond donors (Lipinski definition) is 0. The van der Waals surface area contributed by atoms with E-state index in [9.17, 15) is 9.59 Å². The Balaban J connectivity index is 1.50. The molecule has 0 saturated carbocycles. The van der Waals surface area contributed by atoms with Crippen LogP contribution in [-0.2, 0) is 30.3 Å². The highest BCUT2D eigenvalue weighted by Gasteiger charge is 2.45. The molecule has 3 atom stereocenters. The summed E-state index contributed by atoms with van der Waals surface area (Å²) in [6, 6.07) is 14.5. The van der Waals surface area contributed by atoms with Gasteiger partial charge in [0.15, 0.2) is 0 Å². The summed E-state index contributed by atoms with van der Waals surface area (Å²) in [7, 11) is 1.33. The average Bonchev–Trinajstić information content (AvgIpc) is 3.25. The van der Waals surface area contributed by atoms with Crippen LogP contribution in [0.1, 0.15) is 22.3 Å². The van der Waals surface area contributed by atoms with Gasteiger partial charge < -0.3 is 18.9 Å². The fourth-order valence-corrected chi connectivity index (χ4v) is 4.65. The molecule has 0 amide bonds. The number of benzene rings is 2. The number of halogens is 2. The zero-order valence-corrected chi connectivity index (χ0v) is 19.3. The van der Waals surface area contributed by atoms with E-state index in [1.807, 2.05) is 36.4 Å². The predicted octanol–water partition coefficient (Wildman–Crippen LogP) is 5.34. The molecule has 2 aromatic carbocycles. The molecule has 2 aromatic rings. The second kappa shape index (κ2) is 10.4. The van der Waals surface area contributed by atoms with Crippen molar-refractivity contribution in [1.29, 1.82) is 0 Å². The minimum atomic E-state index is -0.653. The van der Waals surface area contributed by atoms with Crippen LogP contribution in [0.2, 0.25) is 10.0 Å². The van der Waals surface area contributed by atoms with Crippen molar-refractivity contribution in [3.05, 3.63) is 93.2 Å². The molecule has 4 rings (SSSR count). The summed E-state index contributed by atoms with van der Waals surface area (Å²) in [5, 5.41) is 0.429. The molecule has 33 heavy (non-hydrogen) atoms. The highest BCUT2D eigenvalue weighted by molar-refractivity contribution is 6.39. The maximum Gasteiger partial charge on any atom is 0.341 e. The van der Waals surface area contributed by atoms with E-state index in [0.717, 1.165) is 11.1 Å². The van der Waals surface area contributed by atoms with Crippen molar-refractivity contribution in [3.8, 4) is 0 Å². The third-order valence-corrected chi connectivity index (χ3v) is 6.36. The fraction of sp³-hybridized carbons (Fsp3) is 0.280. The van der Waals surface area contributed by atoms with E-state index < -0.39 is 18.2 Å². The predicted molar refractivity (Wildman–Crippen MR) is 123 cm³/mol. The molecular weight excluding hydrogens is 467 g/mol. The summed E-state index contributed by atoms with van der Waals surface area (Å²) in [6.45, 7) is 0.322. The highest BCUT2D eigenvalue weighted by atomic mass is 35.5. The van der Waals surface area contributed by atoms with Gasteiger partial charge in [-0.3, -0.25) is 0 Å². The number of ether oxygens (including phenoxy) is 4. The van der Waals surface area contributed by atoms with Crippen LogP contribution < -0.4 is 0 Å². The Bertz CT molecular complexity index is 1080. The molecule has 1 heterocycles. The van der Waals surface area contributed by atoms with Crippen LogP contribution in [0.3, 0.4) is 0 Å². The fourth-order valence-electron chi connectivity index (χ4n) is 4.10. The lowest BCUT2D eigenvalue weighted by Crippen LogP contribution is -2.37. The van der Waals surface area contributed by atoms with Gasteiger partial charge in [0.1, 0.15) is 6.61 Å². The van der Waals surface area contributed by atoms with E-state index in [0.29, 0.717) is 18.6 Å². The number of rotatable bonds is 7. The summed E-state index contributed by atoms with van der Waals surface area (Å²) in [5.74, 6) is -1.61. The first-order chi connectivity index (χ1) is 16.0. The van der Waals surface area contributed by atoms with Gasteiger partial charge in [-0.1, -0.05) is 65.7 Å². The maximum atomic E-state index is 12.6. The Kier molecular flexibility index (Phi) is 7.38. The van der Waals surface area contributed by atoms with Crippen LogP contribution in [0.5, 0.6) is 0 Å². The molecule has 0 fully saturated rings. The lowest BCUT2D eigenvalue weighted by Gasteiger charge is -2.34. The Labute approximate surface area is 201 Å². The molecule has 2 aliphatic rings. The molecule has 0 spiro atoms. The minimum absolute atomic E-state index is 0.00936. The normalized spacial score (nSPS) is 21.4. The molecule has 0 radical (unpaired) electrons. The highest BCUT2D eigenvalue weighted by Crippen LogP contribution is 2.44. The van der Waals surface area contributed by atoms with E-state index in [1.165, 1.54) is 13.4 Å². The molecule has 8 heteroatoms. The third kappa shape index (κ3) is 5.08. The molecule has 1 aliphatic carbocycles. The molecule has 0 bridgehead atoms. The van der Waals surface area contributed by atoms with Crippen LogP contribution in [0.4, 0.5) is 0 Å². The van der Waals surface area contributed by atoms with Crippen molar-refractivity contribution >= 4 is 35.1 Å². The molecule has 0 aromatic heterocycles. The Morgan fingerprint density at radius 1 is 1.00 bits per heavy atom. The lowest BCUT2D eigenvalue weighted by atomic mass is 9.83. The van der Waals surface area contributed by atoms with Crippen LogP contribution >= 0.6 is 23.2 Å². The van der Waals surface area contributed by atoms with Crippen molar-refractivity contribution < 1.29 is 28.5 Å². The number of methoxy groups -OCH3 is 1. The van der Waals surface area contributed by atoms with Crippen molar-refractivity contribution in [2.24, 2.45) is 11.8 Å². The number of carbonyl (C=O) groups is 2. The molecule has 0 unspecified atom stereocenters. The van der Waals surface area contributed by atoms with Gasteiger partial charge in [0.05, 0.1) is 47.1 Å². The quantitative estimate of drug-likeness (QED) is 0.386. The average molecular weight is 489 g/mol. The van der Waals surface area contributed by atoms with Gasteiger partial charge in [0, 0.05) is 5.92 Å². The summed E-state index contributed by atoms with van der Waals surface area (Å²) in [4.78, 5) is 24.9. The molecule has 0 saturated heterocycles. The SMILES string of the molecule is COC(=O)C1=CO[C@@H](OCc2ccccc2)[C@@H]2C(COC(=O)c3c(Cl)cccc3Cl)=CC[C@H]12. The molecule has 172 valence electrons. The first kappa shape index (κ1) is 23.4. The van der Waals surface area contributed by atoms with E-state index in [-0.39, 0.29) is 34.1 Å². The summed E-state index contributed by atoms with van der Waals surface area (Å²) in [6.07, 6.45) is 3.27. The zero-order chi connectivity index (χ0) is 23.4. The zero-order valence-electron chi connectivity index (χ0n) is 17.8. The van der Waals surface area contributed by atoms with Gasteiger partial charge in [0.2, 0.25) is 6.29 Å². The molecule has 6 nitrogen and oxygen atoms in total. The van der Waals surface area contributed by atoms with E-state index in [2.05, 4.69) is 0 Å². The summed E-state index contributed by atoms with van der Waals surface area (Å²) < 4.78 is 22.3. The Hall–Kier alpha value is -2.80. The molecule has 1 aliphatic heterocycles. The first-order valence-electron chi connectivity index (χ1n) is 10.4. The van der Waals surface area contributed by atoms with E-state index in [4.69, 9.17) is 42.1 Å². The first-order valence-corrected chi connectivity index (χ1v) is 11.1. The Morgan fingerprint density at radius 2 is 1.73 bits per heavy atom. The van der Waals surface area contributed by atoms with E-state index >= 15 is 0 Å². The number of allylic oxidation sites excluding steroid dienone is 1. The monoisotopic (exact) mass is 488 g/mol. The van der Waals surface area contributed by atoms with Gasteiger partial charge in [-0.05, 0) is 29.7 Å². The van der Waals surface area contributed by atoms with Gasteiger partial charge in [-0.2, -0.15) is 0 Å². The largest absolute Gasteiger partial charge is 0.471 e. The van der Waals surface area contributed by atoms with Gasteiger partial charge >= 0.3 is 11.9 Å².